The van der Waals surface area contributed by atoms with E-state index in [1.54, 1.807) is 12.1 Å². The van der Waals surface area contributed by atoms with Crippen molar-refractivity contribution in [3.63, 3.8) is 0 Å². The maximum atomic E-state index is 12.8. The van der Waals surface area contributed by atoms with Gasteiger partial charge in [0, 0.05) is 50.2 Å². The van der Waals surface area contributed by atoms with Gasteiger partial charge in [-0.15, -0.1) is 0 Å². The van der Waals surface area contributed by atoms with Gasteiger partial charge < -0.3 is 29.6 Å². The second kappa shape index (κ2) is 12.9. The Balaban J connectivity index is 0.00000189. The number of hydrogen-bond acceptors (Lipinski definition) is 7. The summed E-state index contributed by atoms with van der Waals surface area (Å²) in [6.45, 7) is 11.7. The quantitative estimate of drug-likeness (QED) is 0.424. The summed E-state index contributed by atoms with van der Waals surface area (Å²) >= 11 is 0. The molecule has 0 aliphatic carbocycles. The number of nitrogens with one attached hydrogen (secondary N) is 2. The molecule has 12 heteroatoms. The largest absolute Gasteiger partial charge is 0.432 e. The van der Waals surface area contributed by atoms with Crippen molar-refractivity contribution in [2.45, 2.75) is 52.2 Å². The van der Waals surface area contributed by atoms with Crippen LogP contribution in [0.4, 0.5) is 24.7 Å². The predicted octanol–water partition coefficient (Wildman–Crippen LogP) is 4.65. The van der Waals surface area contributed by atoms with Crippen molar-refractivity contribution in [1.29, 1.82) is 0 Å². The van der Waals surface area contributed by atoms with Gasteiger partial charge in [-0.25, -0.2) is 9.97 Å². The predicted molar refractivity (Wildman–Crippen MR) is 151 cm³/mol. The maximum Gasteiger partial charge on any atom is 0.432 e. The molecule has 2 N–H and O–H groups in total. The molecule has 222 valence electrons. The number of pyridine rings is 1. The molecule has 2 aliphatic heterocycles. The van der Waals surface area contributed by atoms with Crippen LogP contribution in [0.5, 0.6) is 0 Å². The van der Waals surface area contributed by atoms with Crippen LogP contribution in [0.1, 0.15) is 39.0 Å². The number of alkyl halides is 3. The van der Waals surface area contributed by atoms with E-state index in [0.29, 0.717) is 25.1 Å². The number of nitrogens with zero attached hydrogens (tertiary/aromatic N) is 4. The van der Waals surface area contributed by atoms with E-state index in [2.05, 4.69) is 30.1 Å². The van der Waals surface area contributed by atoms with Crippen molar-refractivity contribution >= 4 is 17.4 Å². The fraction of sp³-hybridized carbons (Fsp3) is 0.483. The number of hydrogen-bond donors (Lipinski definition) is 2. The number of halogens is 3. The molecule has 1 atom stereocenters. The second-order valence-corrected chi connectivity index (χ2v) is 10.1. The fourth-order valence-corrected chi connectivity index (χ4v) is 4.68. The summed E-state index contributed by atoms with van der Waals surface area (Å²) < 4.78 is 49.7. The van der Waals surface area contributed by atoms with Crippen LogP contribution in [-0.2, 0) is 26.9 Å². The van der Waals surface area contributed by atoms with Crippen LogP contribution in [0.25, 0.3) is 11.4 Å². The maximum absolute atomic E-state index is 12.8. The normalized spacial score (nSPS) is 18.6. The number of ether oxygens (including phenoxy) is 2. The first-order chi connectivity index (χ1) is 19.6. The van der Waals surface area contributed by atoms with E-state index in [9.17, 15) is 18.0 Å². The lowest BCUT2D eigenvalue weighted by Gasteiger charge is -2.36. The number of piperazine rings is 1. The highest BCUT2D eigenvalue weighted by molar-refractivity contribution is 5.78. The van der Waals surface area contributed by atoms with Crippen LogP contribution in [-0.4, -0.2) is 72.1 Å². The van der Waals surface area contributed by atoms with E-state index in [4.69, 9.17) is 9.47 Å². The number of carbonyl (C=O) groups is 1. The summed E-state index contributed by atoms with van der Waals surface area (Å²) in [5, 5.41) is 2.91. The van der Waals surface area contributed by atoms with E-state index in [0.717, 1.165) is 49.4 Å². The molecule has 1 amide bonds. The van der Waals surface area contributed by atoms with Gasteiger partial charge in [-0.1, -0.05) is 26.0 Å². The van der Waals surface area contributed by atoms with Gasteiger partial charge in [0.2, 0.25) is 5.91 Å². The highest BCUT2D eigenvalue weighted by atomic mass is 19.4. The number of rotatable bonds is 7. The molecule has 2 fully saturated rings. The molecular weight excluding hydrogens is 537 g/mol. The van der Waals surface area contributed by atoms with Crippen LogP contribution in [0, 0.1) is 0 Å². The molecule has 5 rings (SSSR count). The van der Waals surface area contributed by atoms with Crippen LogP contribution < -0.4 is 15.1 Å². The van der Waals surface area contributed by atoms with E-state index < -0.39 is 17.7 Å². The van der Waals surface area contributed by atoms with Gasteiger partial charge >= 0.3 is 6.18 Å². The zero-order valence-electron chi connectivity index (χ0n) is 23.8. The molecule has 0 bridgehead atoms. The van der Waals surface area contributed by atoms with Crippen LogP contribution >= 0.6 is 0 Å². The lowest BCUT2D eigenvalue weighted by Crippen LogP contribution is -2.46. The van der Waals surface area contributed by atoms with Crippen molar-refractivity contribution < 1.29 is 27.4 Å². The Labute approximate surface area is 238 Å². The Hall–Kier alpha value is -3.64. The number of imidazole rings is 1. The monoisotopic (exact) mass is 574 g/mol. The number of anilines is 2. The van der Waals surface area contributed by atoms with E-state index >= 15 is 0 Å². The van der Waals surface area contributed by atoms with Gasteiger partial charge in [0.1, 0.15) is 23.4 Å². The Kier molecular flexibility index (Phi) is 9.54. The second-order valence-electron chi connectivity index (χ2n) is 10.1. The van der Waals surface area contributed by atoms with Gasteiger partial charge in [0.15, 0.2) is 5.79 Å². The van der Waals surface area contributed by atoms with E-state index in [1.165, 1.54) is 6.20 Å². The van der Waals surface area contributed by atoms with Crippen LogP contribution in [0.3, 0.4) is 0 Å². The first kappa shape index (κ1) is 30.3. The average molecular weight is 575 g/mol. The van der Waals surface area contributed by atoms with Gasteiger partial charge in [0.05, 0.1) is 19.2 Å². The minimum atomic E-state index is -4.47. The summed E-state index contributed by atoms with van der Waals surface area (Å²) in [6, 6.07) is 11.5. The van der Waals surface area contributed by atoms with Gasteiger partial charge in [-0.2, -0.15) is 13.2 Å². The Morgan fingerprint density at radius 2 is 1.71 bits per heavy atom. The fourth-order valence-electron chi connectivity index (χ4n) is 4.68. The minimum Gasteiger partial charge on any atom is -0.368 e. The third-order valence-corrected chi connectivity index (χ3v) is 6.77. The standard InChI is InChI=1S/C27H31F3N6O3.C2H6/c1-26(2)38-17-21(39-26)15-32-24(37)13-18-3-6-20(7-4-18)35-9-11-36(12-10-35)23-8-5-19(14-31-23)25-33-16-22(34-25)27(28,29)30;1-2/h3-8,14,16,21H,9-13,15,17H2,1-2H3,(H,32,37)(H,33,34);1-2H3. The van der Waals surface area contributed by atoms with Crippen molar-refractivity contribution in [2.75, 3.05) is 49.1 Å². The van der Waals surface area contributed by atoms with E-state index in [1.807, 2.05) is 52.0 Å². The van der Waals surface area contributed by atoms with Crippen LogP contribution in [0.2, 0.25) is 0 Å². The number of carbonyl (C=O) groups excluding carboxylic acids is 1. The molecule has 0 spiro atoms. The topological polar surface area (TPSA) is 95.6 Å². The molecule has 1 unspecified atom stereocenters. The molecule has 4 heterocycles. The lowest BCUT2D eigenvalue weighted by molar-refractivity contribution is -0.140. The first-order valence-corrected chi connectivity index (χ1v) is 13.8. The third-order valence-electron chi connectivity index (χ3n) is 6.77. The van der Waals surface area contributed by atoms with Gasteiger partial charge in [0.25, 0.3) is 0 Å². The Morgan fingerprint density at radius 3 is 2.27 bits per heavy atom. The zero-order chi connectivity index (χ0) is 29.6. The van der Waals surface area contributed by atoms with Crippen molar-refractivity contribution in [1.82, 2.24) is 20.3 Å². The van der Waals surface area contributed by atoms with Gasteiger partial charge in [-0.05, 0) is 43.7 Å². The summed E-state index contributed by atoms with van der Waals surface area (Å²) in [4.78, 5) is 27.3. The molecule has 0 saturated carbocycles. The Morgan fingerprint density at radius 1 is 1.02 bits per heavy atom. The van der Waals surface area contributed by atoms with Crippen molar-refractivity contribution in [3.8, 4) is 11.4 Å². The molecule has 3 aromatic rings. The first-order valence-electron chi connectivity index (χ1n) is 13.8. The number of H-pyrrole nitrogens is 1. The number of aromatic nitrogens is 3. The van der Waals surface area contributed by atoms with E-state index in [-0.39, 0.29) is 17.8 Å². The van der Waals surface area contributed by atoms with Crippen LogP contribution in [0.15, 0.2) is 48.8 Å². The van der Waals surface area contributed by atoms with Gasteiger partial charge in [-0.3, -0.25) is 4.79 Å². The number of benzene rings is 1. The summed E-state index contributed by atoms with van der Waals surface area (Å²) in [6.07, 6.45) is -1.99. The zero-order valence-corrected chi connectivity index (χ0v) is 23.8. The number of amides is 1. The highest BCUT2D eigenvalue weighted by Gasteiger charge is 2.33. The minimum absolute atomic E-state index is 0.0592. The average Bonchev–Trinajstić information content (AvgIpc) is 3.61. The molecule has 2 aromatic heterocycles. The summed E-state index contributed by atoms with van der Waals surface area (Å²) in [5.41, 5.74) is 1.62. The molecule has 41 heavy (non-hydrogen) atoms. The molecule has 2 aliphatic rings. The smallest absolute Gasteiger partial charge is 0.368 e. The summed E-state index contributed by atoms with van der Waals surface area (Å²) in [5.74, 6) is 0.232. The van der Waals surface area contributed by atoms with Crippen molar-refractivity contribution in [3.05, 3.63) is 60.0 Å². The lowest BCUT2D eigenvalue weighted by atomic mass is 10.1. The third kappa shape index (κ3) is 7.98. The molecular formula is C29H37F3N6O3. The summed E-state index contributed by atoms with van der Waals surface area (Å²) in [7, 11) is 0. The molecule has 2 saturated heterocycles. The number of aromatic amines is 1. The molecule has 0 radical (unpaired) electrons. The highest BCUT2D eigenvalue weighted by Crippen LogP contribution is 2.30. The SMILES string of the molecule is CC.CC1(C)OCC(CNC(=O)Cc2ccc(N3CCN(c4ccc(-c5ncc(C(F)(F)F)[nH]5)cn4)CC3)cc2)O1. The Bertz CT molecular complexity index is 1270. The van der Waals surface area contributed by atoms with Crippen molar-refractivity contribution in [2.24, 2.45) is 0 Å². The molecule has 1 aromatic carbocycles. The molecule has 9 nitrogen and oxygen atoms in total.